The number of pyridine rings is 2. The van der Waals surface area contributed by atoms with Crippen LogP contribution in [0.5, 0.6) is 5.88 Å². The molecule has 3 rings (SSSR count). The zero-order valence-corrected chi connectivity index (χ0v) is 14.7. The Balaban J connectivity index is 1.64. The molecule has 7 nitrogen and oxygen atoms in total. The molecule has 150 valence electrons. The number of hydrogen-bond donors (Lipinski definition) is 3. The minimum atomic E-state index is -4.83. The highest BCUT2D eigenvalue weighted by Crippen LogP contribution is 2.26. The number of alkyl halides is 3. The number of carbonyl (C=O) groups excluding carboxylic acids is 1. The highest BCUT2D eigenvalue weighted by Gasteiger charge is 2.31. The van der Waals surface area contributed by atoms with Crippen LogP contribution < -0.4 is 15.4 Å². The fourth-order valence-corrected chi connectivity index (χ4v) is 3.04. The van der Waals surface area contributed by atoms with Gasteiger partial charge in [-0.1, -0.05) is 6.42 Å². The zero-order chi connectivity index (χ0) is 20.1. The van der Waals surface area contributed by atoms with Crippen molar-refractivity contribution in [1.29, 1.82) is 0 Å². The van der Waals surface area contributed by atoms with Gasteiger partial charge >= 0.3 is 6.36 Å². The molecule has 1 aliphatic rings. The summed E-state index contributed by atoms with van der Waals surface area (Å²) in [5.74, 6) is -0.648. The van der Waals surface area contributed by atoms with Crippen LogP contribution in [-0.2, 0) is 0 Å². The summed E-state index contributed by atoms with van der Waals surface area (Å²) < 4.78 is 40.2. The van der Waals surface area contributed by atoms with Crippen LogP contribution in [0.3, 0.4) is 0 Å². The van der Waals surface area contributed by atoms with E-state index in [1.807, 2.05) is 0 Å². The van der Waals surface area contributed by atoms with Crippen LogP contribution in [0.15, 0.2) is 36.7 Å². The molecule has 0 unspecified atom stereocenters. The van der Waals surface area contributed by atoms with Crippen molar-refractivity contribution in [2.24, 2.45) is 5.92 Å². The Labute approximate surface area is 159 Å². The van der Waals surface area contributed by atoms with E-state index < -0.39 is 18.1 Å². The maximum absolute atomic E-state index is 12.5. The molecule has 2 aromatic heterocycles. The van der Waals surface area contributed by atoms with Gasteiger partial charge < -0.3 is 20.5 Å². The van der Waals surface area contributed by atoms with Gasteiger partial charge in [0.15, 0.2) is 0 Å². The van der Waals surface area contributed by atoms with Crippen molar-refractivity contribution in [3.05, 3.63) is 42.2 Å². The van der Waals surface area contributed by atoms with Gasteiger partial charge in [-0.25, -0.2) is 9.97 Å². The van der Waals surface area contributed by atoms with Crippen molar-refractivity contribution in [2.75, 3.05) is 17.2 Å². The molecule has 0 aromatic carbocycles. The minimum Gasteiger partial charge on any atom is -0.393 e. The highest BCUT2D eigenvalue weighted by atomic mass is 19.4. The zero-order valence-electron chi connectivity index (χ0n) is 14.7. The quantitative estimate of drug-likeness (QED) is 0.694. The summed E-state index contributed by atoms with van der Waals surface area (Å²) >= 11 is 0. The van der Waals surface area contributed by atoms with Crippen molar-refractivity contribution in [3.63, 3.8) is 0 Å². The Morgan fingerprint density at radius 1 is 1.25 bits per heavy atom. The fourth-order valence-electron chi connectivity index (χ4n) is 3.04. The number of anilines is 2. The first-order valence-corrected chi connectivity index (χ1v) is 8.72. The molecule has 1 amide bonds. The SMILES string of the molecule is O=C(Nc1ccc(OC(F)(F)F)nc1)c1cccnc1NC[C@@H]1CCC[C@@H]1O. The Hall–Kier alpha value is -2.88. The lowest BCUT2D eigenvalue weighted by Gasteiger charge is -2.17. The third-order valence-electron chi connectivity index (χ3n) is 4.42. The average Bonchev–Trinajstić information content (AvgIpc) is 3.05. The summed E-state index contributed by atoms with van der Waals surface area (Å²) in [6.45, 7) is 0.490. The van der Waals surface area contributed by atoms with Crippen LogP contribution >= 0.6 is 0 Å². The summed E-state index contributed by atoms with van der Waals surface area (Å²) in [4.78, 5) is 20.2. The van der Waals surface area contributed by atoms with E-state index in [4.69, 9.17) is 0 Å². The number of aliphatic hydroxyl groups excluding tert-OH is 1. The lowest BCUT2D eigenvalue weighted by Crippen LogP contribution is -2.24. The number of nitrogens with zero attached hydrogens (tertiary/aromatic N) is 2. The molecule has 0 radical (unpaired) electrons. The van der Waals surface area contributed by atoms with Crippen molar-refractivity contribution in [3.8, 4) is 5.88 Å². The van der Waals surface area contributed by atoms with E-state index in [1.165, 1.54) is 12.3 Å². The van der Waals surface area contributed by atoms with Crippen molar-refractivity contribution in [1.82, 2.24) is 9.97 Å². The maximum Gasteiger partial charge on any atom is 0.574 e. The van der Waals surface area contributed by atoms with E-state index in [1.54, 1.807) is 12.1 Å². The Bertz CT molecular complexity index is 814. The minimum absolute atomic E-state index is 0.100. The molecule has 28 heavy (non-hydrogen) atoms. The van der Waals surface area contributed by atoms with Crippen LogP contribution in [0.1, 0.15) is 29.6 Å². The van der Waals surface area contributed by atoms with Gasteiger partial charge in [0.05, 0.1) is 23.6 Å². The van der Waals surface area contributed by atoms with E-state index in [0.717, 1.165) is 31.5 Å². The lowest BCUT2D eigenvalue weighted by atomic mass is 10.1. The molecular weight excluding hydrogens is 377 g/mol. The number of halogens is 3. The Morgan fingerprint density at radius 2 is 2.07 bits per heavy atom. The van der Waals surface area contributed by atoms with Crippen molar-refractivity contribution in [2.45, 2.75) is 31.7 Å². The third-order valence-corrected chi connectivity index (χ3v) is 4.42. The smallest absolute Gasteiger partial charge is 0.393 e. The molecule has 0 saturated heterocycles. The van der Waals surface area contributed by atoms with E-state index >= 15 is 0 Å². The first-order valence-electron chi connectivity index (χ1n) is 8.72. The predicted octanol–water partition coefficient (Wildman–Crippen LogP) is 3.20. The number of nitrogens with one attached hydrogen (secondary N) is 2. The number of carbonyl (C=O) groups is 1. The molecule has 2 aromatic rings. The van der Waals surface area contributed by atoms with Crippen LogP contribution in [0.4, 0.5) is 24.7 Å². The first-order chi connectivity index (χ1) is 13.3. The van der Waals surface area contributed by atoms with Gasteiger partial charge in [0.25, 0.3) is 5.91 Å². The topological polar surface area (TPSA) is 96.4 Å². The van der Waals surface area contributed by atoms with Gasteiger partial charge in [0, 0.05) is 24.7 Å². The molecule has 0 spiro atoms. The lowest BCUT2D eigenvalue weighted by molar-refractivity contribution is -0.276. The second-order valence-corrected chi connectivity index (χ2v) is 6.43. The van der Waals surface area contributed by atoms with Crippen molar-refractivity contribution >= 4 is 17.4 Å². The number of aliphatic hydroxyl groups is 1. The highest BCUT2D eigenvalue weighted by molar-refractivity contribution is 6.07. The summed E-state index contributed by atoms with van der Waals surface area (Å²) in [5, 5.41) is 15.6. The second-order valence-electron chi connectivity index (χ2n) is 6.43. The van der Waals surface area contributed by atoms with Gasteiger partial charge in [0.1, 0.15) is 5.82 Å². The van der Waals surface area contributed by atoms with E-state index in [-0.39, 0.29) is 23.3 Å². The summed E-state index contributed by atoms with van der Waals surface area (Å²) in [5.41, 5.74) is 0.478. The molecule has 1 aliphatic carbocycles. The maximum atomic E-state index is 12.5. The molecule has 2 heterocycles. The largest absolute Gasteiger partial charge is 0.574 e. The number of aromatic nitrogens is 2. The van der Waals surface area contributed by atoms with Gasteiger partial charge in [-0.05, 0) is 31.0 Å². The number of ether oxygens (including phenoxy) is 1. The standard InChI is InChI=1S/C18H19F3N4O3/c19-18(20,21)28-15-7-6-12(10-23-15)25-17(27)13-4-2-8-22-16(13)24-9-11-3-1-5-14(11)26/h2,4,6-8,10-11,14,26H,1,3,5,9H2,(H,22,24)(H,25,27)/t11-,14-/m0/s1. The molecule has 2 atom stereocenters. The summed E-state index contributed by atoms with van der Waals surface area (Å²) in [6, 6.07) is 5.44. The molecule has 1 saturated carbocycles. The number of hydrogen-bond acceptors (Lipinski definition) is 6. The number of amides is 1. The molecule has 3 N–H and O–H groups in total. The molecule has 1 fully saturated rings. The van der Waals surface area contributed by atoms with E-state index in [0.29, 0.717) is 12.4 Å². The van der Waals surface area contributed by atoms with Crippen molar-refractivity contribution < 1.29 is 27.8 Å². The van der Waals surface area contributed by atoms with E-state index in [9.17, 15) is 23.1 Å². The average molecular weight is 396 g/mol. The summed E-state index contributed by atoms with van der Waals surface area (Å²) in [6.07, 6.45) is 0.0398. The van der Waals surface area contributed by atoms with Gasteiger partial charge in [-0.2, -0.15) is 0 Å². The Morgan fingerprint density at radius 3 is 2.71 bits per heavy atom. The van der Waals surface area contributed by atoms with Gasteiger partial charge in [0.2, 0.25) is 5.88 Å². The third kappa shape index (κ3) is 5.32. The molecule has 0 bridgehead atoms. The first kappa shape index (κ1) is 19.9. The van der Waals surface area contributed by atoms with Gasteiger partial charge in [-0.15, -0.1) is 13.2 Å². The van der Waals surface area contributed by atoms with Crippen LogP contribution in [0.25, 0.3) is 0 Å². The fraction of sp³-hybridized carbons (Fsp3) is 0.389. The Kier molecular flexibility index (Phi) is 5.98. The molecule has 10 heteroatoms. The van der Waals surface area contributed by atoms with Crippen LogP contribution in [-0.4, -0.2) is 40.0 Å². The monoisotopic (exact) mass is 396 g/mol. The van der Waals surface area contributed by atoms with Crippen LogP contribution in [0, 0.1) is 5.92 Å². The molecule has 0 aliphatic heterocycles. The summed E-state index contributed by atoms with van der Waals surface area (Å²) in [7, 11) is 0. The number of rotatable bonds is 6. The predicted molar refractivity (Wildman–Crippen MR) is 94.9 cm³/mol. The van der Waals surface area contributed by atoms with Gasteiger partial charge in [-0.3, -0.25) is 4.79 Å². The van der Waals surface area contributed by atoms with E-state index in [2.05, 4.69) is 25.3 Å². The normalized spacial score (nSPS) is 19.3. The second kappa shape index (κ2) is 8.42. The van der Waals surface area contributed by atoms with Crippen LogP contribution in [0.2, 0.25) is 0 Å². The molecular formula is C18H19F3N4O3.